The molecule has 1 heterocycles. The van der Waals surface area contributed by atoms with Gasteiger partial charge in [-0.25, -0.2) is 27.5 Å². The van der Waals surface area contributed by atoms with Gasteiger partial charge in [-0.05, 0) is 58.0 Å². The van der Waals surface area contributed by atoms with Crippen LogP contribution in [0.5, 0.6) is 0 Å². The molecule has 0 saturated carbocycles. The number of hydrogen-bond donors (Lipinski definition) is 2. The van der Waals surface area contributed by atoms with E-state index in [4.69, 9.17) is 14.3 Å². The molecule has 3 rings (SSSR count). The van der Waals surface area contributed by atoms with Gasteiger partial charge < -0.3 is 9.47 Å². The van der Waals surface area contributed by atoms with E-state index in [1.165, 1.54) is 26.1 Å². The number of nitrogens with zero attached hydrogens (tertiary/aromatic N) is 4. The highest BCUT2D eigenvalue weighted by Crippen LogP contribution is 2.33. The second-order valence-electron chi connectivity index (χ2n) is 10.5. The Hall–Kier alpha value is -4.03. The lowest BCUT2D eigenvalue weighted by Crippen LogP contribution is -2.46. The number of benzene rings is 2. The van der Waals surface area contributed by atoms with Crippen LogP contribution >= 0.6 is 0 Å². The Morgan fingerprint density at radius 1 is 1.07 bits per heavy atom. The zero-order chi connectivity index (χ0) is 33.0. The molecule has 2 N–H and O–H groups in total. The number of ether oxygens (including phenoxy) is 2. The zero-order valence-electron chi connectivity index (χ0n) is 24.6. The van der Waals surface area contributed by atoms with E-state index >= 15 is 0 Å². The number of sulfonamides is 1. The van der Waals surface area contributed by atoms with Crippen molar-refractivity contribution < 1.29 is 50.7 Å². The molecular formula is C27H32F3N5O8S. The molecule has 0 saturated heterocycles. The number of carbonyl (C=O) groups excluding carboxylic acids is 2. The van der Waals surface area contributed by atoms with E-state index in [2.05, 4.69) is 5.10 Å². The molecule has 0 spiro atoms. The molecule has 1 unspecified atom stereocenters. The van der Waals surface area contributed by atoms with Crippen molar-refractivity contribution in [1.82, 2.24) is 24.8 Å². The van der Waals surface area contributed by atoms with E-state index in [9.17, 15) is 36.4 Å². The fraction of sp³-hybridized carbons (Fsp3) is 0.370. The first-order valence-electron chi connectivity index (χ1n) is 12.9. The third-order valence-corrected chi connectivity index (χ3v) is 6.94. The number of alkyl halides is 3. The molecule has 240 valence electrons. The summed E-state index contributed by atoms with van der Waals surface area (Å²) < 4.78 is 78.7. The Morgan fingerprint density at radius 2 is 1.66 bits per heavy atom. The Kier molecular flexibility index (Phi) is 10.4. The highest BCUT2D eigenvalue weighted by molar-refractivity contribution is 7.90. The summed E-state index contributed by atoms with van der Waals surface area (Å²) in [4.78, 5) is 28.7. The Bertz CT molecular complexity index is 1570. The van der Waals surface area contributed by atoms with Gasteiger partial charge in [-0.3, -0.25) is 10.0 Å². The van der Waals surface area contributed by atoms with Gasteiger partial charge in [0.2, 0.25) is 12.2 Å². The second kappa shape index (κ2) is 13.3. The smallest absolute Gasteiger partial charge is 0.429 e. The highest BCUT2D eigenvalue weighted by atomic mass is 32.2. The van der Waals surface area contributed by atoms with Crippen LogP contribution in [0, 0.1) is 6.92 Å². The lowest BCUT2D eigenvalue weighted by atomic mass is 10.1. The summed E-state index contributed by atoms with van der Waals surface area (Å²) in [5.74, 6) is -1.08. The van der Waals surface area contributed by atoms with Crippen molar-refractivity contribution in [2.24, 2.45) is 0 Å². The van der Waals surface area contributed by atoms with Gasteiger partial charge in [0.1, 0.15) is 5.60 Å². The van der Waals surface area contributed by atoms with Gasteiger partial charge in [-0.15, -0.1) is 0 Å². The van der Waals surface area contributed by atoms with Crippen molar-refractivity contribution in [3.63, 3.8) is 0 Å². The fourth-order valence-electron chi connectivity index (χ4n) is 3.57. The third-order valence-electron chi connectivity index (χ3n) is 5.55. The van der Waals surface area contributed by atoms with E-state index in [0.717, 1.165) is 33.5 Å². The molecule has 1 atom stereocenters. The van der Waals surface area contributed by atoms with Gasteiger partial charge in [0, 0.05) is 24.9 Å². The number of rotatable bonds is 10. The predicted molar refractivity (Wildman–Crippen MR) is 148 cm³/mol. The van der Waals surface area contributed by atoms with Crippen LogP contribution in [0.25, 0.3) is 16.9 Å². The summed E-state index contributed by atoms with van der Waals surface area (Å²) in [7, 11) is -3.26. The molecule has 0 aliphatic rings. The van der Waals surface area contributed by atoms with Gasteiger partial charge in [-0.2, -0.15) is 23.3 Å². The van der Waals surface area contributed by atoms with Crippen LogP contribution in [0.15, 0.2) is 59.5 Å². The fourth-order valence-corrected chi connectivity index (χ4v) is 4.54. The monoisotopic (exact) mass is 643 g/mol. The Balaban J connectivity index is 1.68. The first-order valence-corrected chi connectivity index (χ1v) is 14.4. The van der Waals surface area contributed by atoms with E-state index in [0.29, 0.717) is 5.56 Å². The van der Waals surface area contributed by atoms with Crippen molar-refractivity contribution in [3.05, 3.63) is 65.9 Å². The molecule has 17 heteroatoms. The summed E-state index contributed by atoms with van der Waals surface area (Å²) in [6.07, 6.45) is -7.14. The van der Waals surface area contributed by atoms with Crippen LogP contribution in [0.1, 0.15) is 39.0 Å². The van der Waals surface area contributed by atoms with Crippen LogP contribution in [0.3, 0.4) is 0 Å². The van der Waals surface area contributed by atoms with Gasteiger partial charge >= 0.3 is 12.3 Å². The minimum atomic E-state index is -4.72. The van der Waals surface area contributed by atoms with Gasteiger partial charge in [0.05, 0.1) is 22.8 Å². The predicted octanol–water partition coefficient (Wildman–Crippen LogP) is 4.44. The molecule has 0 fully saturated rings. The third kappa shape index (κ3) is 9.48. The summed E-state index contributed by atoms with van der Waals surface area (Å²) in [6, 6.07) is 12.3. The molecule has 3 aromatic rings. The number of hydrazine groups is 1. The van der Waals surface area contributed by atoms with Crippen molar-refractivity contribution in [2.75, 3.05) is 13.6 Å². The maximum Gasteiger partial charge on any atom is 0.511 e. The zero-order valence-corrected chi connectivity index (χ0v) is 25.4. The molecule has 1 aromatic heterocycles. The Labute approximate surface area is 251 Å². The summed E-state index contributed by atoms with van der Waals surface area (Å²) >= 11 is 0. The van der Waals surface area contributed by atoms with E-state index in [1.54, 1.807) is 45.0 Å². The average Bonchev–Trinajstić information content (AvgIpc) is 3.34. The van der Waals surface area contributed by atoms with Crippen molar-refractivity contribution in [1.29, 1.82) is 0 Å². The number of halogens is 3. The molecule has 0 bridgehead atoms. The van der Waals surface area contributed by atoms with E-state index < -0.39 is 52.4 Å². The van der Waals surface area contributed by atoms with E-state index in [-0.39, 0.29) is 21.6 Å². The summed E-state index contributed by atoms with van der Waals surface area (Å²) in [6.45, 7) is 7.20. The number of aryl methyl sites for hydroxylation is 1. The number of carbonyl (C=O) groups is 2. The van der Waals surface area contributed by atoms with Crippen molar-refractivity contribution in [3.8, 4) is 16.9 Å². The SMILES string of the molecule is Cc1ccc(-c2cc(C(F)(F)F)nn2-c2ccc(S(=O)(=O)NC(=O)CN(C)N(O)OC(C)OC(=O)OC(C)(C)C)cc2)cc1. The molecule has 0 aliphatic carbocycles. The first-order chi connectivity index (χ1) is 20.2. The molecule has 0 radical (unpaired) electrons. The van der Waals surface area contributed by atoms with Crippen LogP contribution in [-0.2, 0) is 35.3 Å². The molecule has 13 nitrogen and oxygen atoms in total. The Morgan fingerprint density at radius 3 is 2.20 bits per heavy atom. The maximum atomic E-state index is 13.5. The summed E-state index contributed by atoms with van der Waals surface area (Å²) in [5, 5.41) is 14.5. The number of nitrogens with one attached hydrogen (secondary N) is 1. The largest absolute Gasteiger partial charge is 0.511 e. The average molecular weight is 644 g/mol. The van der Waals surface area contributed by atoms with Crippen molar-refractivity contribution in [2.45, 2.75) is 57.6 Å². The maximum absolute atomic E-state index is 13.5. The lowest BCUT2D eigenvalue weighted by Gasteiger charge is -2.27. The standard InChI is InChI=1S/C27H32F3N5O8S/c1-17-7-9-19(10-8-17)22-15-23(27(28,29)30)31-34(22)20-11-13-21(14-12-20)44(39,40)32-24(36)16-33(6)35(38)43-18(2)41-25(37)42-26(3,4)5/h7-15,18,38H,16H2,1-6H3,(H,32,36). The molecule has 44 heavy (non-hydrogen) atoms. The number of likely N-dealkylation sites (N-methyl/N-ethyl adjacent to an activating group) is 1. The molecule has 1 amide bonds. The minimum absolute atomic E-state index is 0.0704. The van der Waals surface area contributed by atoms with Crippen molar-refractivity contribution >= 4 is 22.1 Å². The number of amides is 1. The number of hydrogen-bond acceptors (Lipinski definition) is 11. The topological polar surface area (TPSA) is 153 Å². The normalized spacial score (nSPS) is 13.2. The quantitative estimate of drug-likeness (QED) is 0.183. The van der Waals surface area contributed by atoms with Crippen LogP contribution in [0.4, 0.5) is 18.0 Å². The van der Waals surface area contributed by atoms with Gasteiger partial charge in [-0.1, -0.05) is 29.8 Å². The minimum Gasteiger partial charge on any atom is -0.429 e. The van der Waals surface area contributed by atoms with E-state index in [1.807, 2.05) is 11.6 Å². The van der Waals surface area contributed by atoms with Crippen LogP contribution in [0.2, 0.25) is 0 Å². The highest BCUT2D eigenvalue weighted by Gasteiger charge is 2.35. The van der Waals surface area contributed by atoms with Gasteiger partial charge in [0.15, 0.2) is 5.69 Å². The van der Waals surface area contributed by atoms with Crippen LogP contribution < -0.4 is 4.72 Å². The number of aromatic nitrogens is 2. The summed E-state index contributed by atoms with van der Waals surface area (Å²) in [5.41, 5.74) is -0.341. The lowest BCUT2D eigenvalue weighted by molar-refractivity contribution is -0.467. The van der Waals surface area contributed by atoms with Crippen LogP contribution in [-0.4, -0.2) is 71.3 Å². The van der Waals surface area contributed by atoms with Gasteiger partial charge in [0.25, 0.3) is 10.0 Å². The molecule has 2 aromatic carbocycles. The molecular weight excluding hydrogens is 611 g/mol. The second-order valence-corrected chi connectivity index (χ2v) is 12.2. The molecule has 0 aliphatic heterocycles. The first kappa shape index (κ1) is 34.5.